The third-order valence-corrected chi connectivity index (χ3v) is 5.91. The van der Waals surface area contributed by atoms with Gasteiger partial charge in [0.2, 0.25) is 0 Å². The molecule has 2 unspecified atom stereocenters. The first-order chi connectivity index (χ1) is 13.1. The van der Waals surface area contributed by atoms with E-state index in [0.717, 1.165) is 49.1 Å². The van der Waals surface area contributed by atoms with E-state index in [2.05, 4.69) is 16.4 Å². The predicted octanol–water partition coefficient (Wildman–Crippen LogP) is 3.78. The second-order valence-corrected chi connectivity index (χ2v) is 7.74. The van der Waals surface area contributed by atoms with E-state index in [1.807, 2.05) is 19.1 Å². The average molecular weight is 366 g/mol. The number of esters is 1. The van der Waals surface area contributed by atoms with Crippen molar-refractivity contribution < 1.29 is 14.3 Å². The largest absolute Gasteiger partial charge is 0.459 e. The molecule has 5 heteroatoms. The van der Waals surface area contributed by atoms with Gasteiger partial charge in [-0.25, -0.2) is 4.79 Å². The van der Waals surface area contributed by atoms with Crippen molar-refractivity contribution in [2.24, 2.45) is 5.92 Å². The van der Waals surface area contributed by atoms with Gasteiger partial charge >= 0.3 is 5.97 Å². The molecule has 5 nitrogen and oxygen atoms in total. The van der Waals surface area contributed by atoms with Crippen molar-refractivity contribution >= 4 is 11.8 Å². The van der Waals surface area contributed by atoms with Crippen molar-refractivity contribution in [3.63, 3.8) is 0 Å². The molecule has 1 aliphatic heterocycles. The van der Waals surface area contributed by atoms with Gasteiger partial charge in [-0.3, -0.25) is 9.78 Å². The Hall–Kier alpha value is -2.43. The minimum absolute atomic E-state index is 0.0138. The number of Topliss-reactive ketones (excluding diaryl/α,β-unsaturated/α-hetero) is 1. The maximum atomic E-state index is 13.2. The van der Waals surface area contributed by atoms with Crippen LogP contribution in [0.1, 0.15) is 63.4 Å². The zero-order chi connectivity index (χ0) is 18.8. The van der Waals surface area contributed by atoms with E-state index in [4.69, 9.17) is 4.74 Å². The van der Waals surface area contributed by atoms with Crippen molar-refractivity contribution in [3.05, 3.63) is 53.1 Å². The topological polar surface area (TPSA) is 68.3 Å². The minimum atomic E-state index is -0.361. The maximum absolute atomic E-state index is 13.2. The number of rotatable bonds is 3. The Morgan fingerprint density at radius 1 is 1.22 bits per heavy atom. The second-order valence-electron chi connectivity index (χ2n) is 7.74. The van der Waals surface area contributed by atoms with Gasteiger partial charge in [0.05, 0.1) is 11.5 Å². The van der Waals surface area contributed by atoms with Crippen LogP contribution in [0.3, 0.4) is 0 Å². The smallest absolute Gasteiger partial charge is 0.336 e. The third-order valence-electron chi connectivity index (χ3n) is 5.91. The molecule has 27 heavy (non-hydrogen) atoms. The second kappa shape index (κ2) is 7.67. The quantitative estimate of drug-likeness (QED) is 0.825. The van der Waals surface area contributed by atoms with Gasteiger partial charge in [0.1, 0.15) is 11.9 Å². The first-order valence-electron chi connectivity index (χ1n) is 9.96. The van der Waals surface area contributed by atoms with Gasteiger partial charge in [-0.1, -0.05) is 18.6 Å². The summed E-state index contributed by atoms with van der Waals surface area (Å²) in [4.78, 5) is 30.2. The lowest BCUT2D eigenvalue weighted by Crippen LogP contribution is -2.41. The number of hydrogen-bond acceptors (Lipinski definition) is 5. The van der Waals surface area contributed by atoms with E-state index in [1.54, 1.807) is 12.4 Å². The Kier molecular flexibility index (Phi) is 5.10. The number of hydrogen-bond donors (Lipinski definition) is 1. The molecular weight excluding hydrogens is 340 g/mol. The summed E-state index contributed by atoms with van der Waals surface area (Å²) < 4.78 is 5.88. The normalized spacial score (nSPS) is 26.1. The Bertz CT molecular complexity index is 791. The summed E-state index contributed by atoms with van der Waals surface area (Å²) in [5.74, 6) is -0.821. The molecular formula is C22H26N2O3. The molecule has 2 aliphatic carbocycles. The van der Waals surface area contributed by atoms with E-state index >= 15 is 0 Å². The molecule has 1 aromatic heterocycles. The summed E-state index contributed by atoms with van der Waals surface area (Å²) in [6.07, 6.45) is 12.1. The molecule has 1 fully saturated rings. The lowest BCUT2D eigenvalue weighted by molar-refractivity contribution is -0.146. The maximum Gasteiger partial charge on any atom is 0.336 e. The Balaban J connectivity index is 1.72. The Morgan fingerprint density at radius 2 is 2.04 bits per heavy atom. The van der Waals surface area contributed by atoms with Crippen LogP contribution in [0, 0.1) is 5.92 Å². The lowest BCUT2D eigenvalue weighted by atomic mass is 9.71. The van der Waals surface area contributed by atoms with Crippen LogP contribution < -0.4 is 5.32 Å². The molecule has 0 saturated heterocycles. The highest BCUT2D eigenvalue weighted by atomic mass is 16.5. The van der Waals surface area contributed by atoms with Crippen molar-refractivity contribution in [3.8, 4) is 0 Å². The van der Waals surface area contributed by atoms with Crippen molar-refractivity contribution in [1.29, 1.82) is 0 Å². The average Bonchev–Trinajstić information content (AvgIpc) is 2.68. The Morgan fingerprint density at radius 3 is 2.78 bits per heavy atom. The van der Waals surface area contributed by atoms with Crippen LogP contribution in [0.4, 0.5) is 0 Å². The van der Waals surface area contributed by atoms with Crippen LogP contribution in [0.15, 0.2) is 47.6 Å². The number of ketones is 1. The third kappa shape index (κ3) is 3.55. The number of ether oxygens (including phenoxy) is 1. The summed E-state index contributed by atoms with van der Waals surface area (Å²) in [6.45, 7) is 1.90. The summed E-state index contributed by atoms with van der Waals surface area (Å²) in [5, 5.41) is 3.32. The molecule has 2 atom stereocenters. The summed E-state index contributed by atoms with van der Waals surface area (Å²) >= 11 is 0. The summed E-state index contributed by atoms with van der Waals surface area (Å²) in [7, 11) is 0. The Labute approximate surface area is 159 Å². The van der Waals surface area contributed by atoms with E-state index in [9.17, 15) is 9.59 Å². The number of nitrogens with zero attached hydrogens (tertiary/aromatic N) is 1. The standard InChI is InChI=1S/C22H26N2O3/c1-14-19(22(26)27-16-8-3-2-4-9-16)20(15-7-6-12-23-13-15)21-17(24-14)10-5-11-18(21)25/h6-7,10,12-13,16,20-21,24H,2-5,8-9,11H2,1H3. The zero-order valence-electron chi connectivity index (χ0n) is 15.7. The highest BCUT2D eigenvalue weighted by Gasteiger charge is 2.43. The van der Waals surface area contributed by atoms with Gasteiger partial charge in [0, 0.05) is 36.1 Å². The number of aromatic nitrogens is 1. The van der Waals surface area contributed by atoms with Crippen LogP contribution in [0.5, 0.6) is 0 Å². The summed E-state index contributed by atoms with van der Waals surface area (Å²) in [5.41, 5.74) is 3.15. The van der Waals surface area contributed by atoms with Gasteiger partial charge in [0.25, 0.3) is 0 Å². The first-order valence-corrected chi connectivity index (χ1v) is 9.96. The van der Waals surface area contributed by atoms with E-state index in [0.29, 0.717) is 12.0 Å². The van der Waals surface area contributed by atoms with Crippen molar-refractivity contribution in [2.75, 3.05) is 0 Å². The molecule has 3 aliphatic rings. The molecule has 0 spiro atoms. The number of carbonyl (C=O) groups is 2. The molecule has 2 heterocycles. The van der Waals surface area contributed by atoms with Gasteiger partial charge in [-0.05, 0) is 50.7 Å². The zero-order valence-corrected chi connectivity index (χ0v) is 15.7. The molecule has 0 aromatic carbocycles. The van der Waals surface area contributed by atoms with Gasteiger partial charge in [0.15, 0.2) is 0 Å². The van der Waals surface area contributed by atoms with Crippen molar-refractivity contribution in [2.45, 2.75) is 63.9 Å². The number of fused-ring (bicyclic) bond motifs is 1. The summed E-state index contributed by atoms with van der Waals surface area (Å²) in [6, 6.07) is 3.80. The van der Waals surface area contributed by atoms with Gasteiger partial charge < -0.3 is 10.1 Å². The van der Waals surface area contributed by atoms with Crippen molar-refractivity contribution in [1.82, 2.24) is 10.3 Å². The fourth-order valence-electron chi connectivity index (χ4n) is 4.60. The SMILES string of the molecule is CC1=C(C(=O)OC2CCCCC2)C(c2cccnc2)C2C(=O)CCC=C2N1. The van der Waals surface area contributed by atoms with Crippen LogP contribution in [0.25, 0.3) is 0 Å². The fourth-order valence-corrected chi connectivity index (χ4v) is 4.60. The molecule has 1 saturated carbocycles. The predicted molar refractivity (Wildman–Crippen MR) is 102 cm³/mol. The number of pyridine rings is 1. The monoisotopic (exact) mass is 366 g/mol. The lowest BCUT2D eigenvalue weighted by Gasteiger charge is -2.38. The van der Waals surface area contributed by atoms with Crippen LogP contribution in [0.2, 0.25) is 0 Å². The molecule has 0 radical (unpaired) electrons. The highest BCUT2D eigenvalue weighted by molar-refractivity contribution is 5.96. The molecule has 4 rings (SSSR count). The van der Waals surface area contributed by atoms with Crippen LogP contribution in [-0.2, 0) is 14.3 Å². The van der Waals surface area contributed by atoms with E-state index in [1.165, 1.54) is 6.42 Å². The molecule has 0 amide bonds. The number of allylic oxidation sites excluding steroid dienone is 3. The van der Waals surface area contributed by atoms with E-state index in [-0.39, 0.29) is 29.7 Å². The first kappa shape index (κ1) is 18.0. The fraction of sp³-hybridized carbons (Fsp3) is 0.500. The number of nitrogens with one attached hydrogen (secondary N) is 1. The minimum Gasteiger partial charge on any atom is -0.459 e. The van der Waals surface area contributed by atoms with Crippen LogP contribution >= 0.6 is 0 Å². The van der Waals surface area contributed by atoms with E-state index < -0.39 is 0 Å². The highest BCUT2D eigenvalue weighted by Crippen LogP contribution is 2.43. The molecule has 1 aromatic rings. The molecule has 0 bridgehead atoms. The number of carbonyl (C=O) groups excluding carboxylic acids is 2. The van der Waals surface area contributed by atoms with Gasteiger partial charge in [-0.2, -0.15) is 0 Å². The van der Waals surface area contributed by atoms with Gasteiger partial charge in [-0.15, -0.1) is 0 Å². The van der Waals surface area contributed by atoms with Crippen LogP contribution in [-0.4, -0.2) is 22.8 Å². The molecule has 142 valence electrons. The molecule has 1 N–H and O–H groups in total.